The van der Waals surface area contributed by atoms with E-state index in [2.05, 4.69) is 25.7 Å². The lowest BCUT2D eigenvalue weighted by Crippen LogP contribution is -2.12. The number of rotatable bonds is 5. The average molecular weight is 403 g/mol. The van der Waals surface area contributed by atoms with Crippen molar-refractivity contribution in [3.8, 4) is 5.95 Å². The third kappa shape index (κ3) is 3.10. The molecule has 0 atom stereocenters. The second kappa shape index (κ2) is 7.11. The van der Waals surface area contributed by atoms with E-state index in [4.69, 9.17) is 5.73 Å². The number of halogens is 1. The van der Waals surface area contributed by atoms with Gasteiger partial charge in [-0.3, -0.25) is 4.79 Å². The summed E-state index contributed by atoms with van der Waals surface area (Å²) < 4.78 is 15.6. The summed E-state index contributed by atoms with van der Waals surface area (Å²) in [6.45, 7) is 1.35. The number of aromatic nitrogens is 4. The number of anilines is 2. The molecule has 4 N–H and O–H groups in total. The Hall–Kier alpha value is -4.01. The Morgan fingerprint density at radius 3 is 2.87 bits per heavy atom. The van der Waals surface area contributed by atoms with Crippen molar-refractivity contribution in [1.29, 1.82) is 0 Å². The number of fused-ring (bicyclic) bond motifs is 2. The summed E-state index contributed by atoms with van der Waals surface area (Å²) in [4.78, 5) is 21.0. The van der Waals surface area contributed by atoms with Crippen molar-refractivity contribution in [2.45, 2.75) is 13.0 Å². The number of hydrogen-bond acceptors (Lipinski definition) is 6. The first-order valence-electron chi connectivity index (χ1n) is 9.50. The second-order valence-corrected chi connectivity index (χ2v) is 7.02. The maximum absolute atomic E-state index is 14.1. The van der Waals surface area contributed by atoms with E-state index in [-0.39, 0.29) is 5.56 Å². The maximum atomic E-state index is 14.1. The molecule has 1 aliphatic rings. The van der Waals surface area contributed by atoms with Gasteiger partial charge in [-0.2, -0.15) is 14.8 Å². The predicted molar refractivity (Wildman–Crippen MR) is 111 cm³/mol. The summed E-state index contributed by atoms with van der Waals surface area (Å²) in [6, 6.07) is 12.4. The topological polar surface area (TPSA) is 111 Å². The van der Waals surface area contributed by atoms with Gasteiger partial charge >= 0.3 is 0 Å². The lowest BCUT2D eigenvalue weighted by Gasteiger charge is -2.13. The molecule has 9 heteroatoms. The van der Waals surface area contributed by atoms with E-state index in [0.29, 0.717) is 29.2 Å². The SMILES string of the molecule is NC(=O)c1cc(F)cc2c1cnn2-c1nc2c(c(NCc3ccccc3)n1)NCC2. The number of amides is 1. The molecule has 2 aromatic carbocycles. The van der Waals surface area contributed by atoms with E-state index in [9.17, 15) is 9.18 Å². The fourth-order valence-corrected chi connectivity index (χ4v) is 3.63. The van der Waals surface area contributed by atoms with Crippen LogP contribution in [0.2, 0.25) is 0 Å². The summed E-state index contributed by atoms with van der Waals surface area (Å²) in [6.07, 6.45) is 2.21. The van der Waals surface area contributed by atoms with Crippen LogP contribution in [0.4, 0.5) is 15.9 Å². The average Bonchev–Trinajstić information content (AvgIpc) is 3.38. The predicted octanol–water partition coefficient (Wildman–Crippen LogP) is 2.63. The highest BCUT2D eigenvalue weighted by molar-refractivity contribution is 6.05. The molecule has 3 heterocycles. The highest BCUT2D eigenvalue weighted by atomic mass is 19.1. The van der Waals surface area contributed by atoms with Gasteiger partial charge in [0, 0.05) is 31.0 Å². The maximum Gasteiger partial charge on any atom is 0.253 e. The van der Waals surface area contributed by atoms with Gasteiger partial charge in [-0.25, -0.2) is 9.37 Å². The highest BCUT2D eigenvalue weighted by Gasteiger charge is 2.22. The Labute approximate surface area is 170 Å². The Balaban J connectivity index is 1.59. The van der Waals surface area contributed by atoms with Gasteiger partial charge in [-0.15, -0.1) is 0 Å². The largest absolute Gasteiger partial charge is 0.380 e. The molecule has 0 spiro atoms. The standard InChI is InChI=1S/C21H18FN7O/c22-13-8-14(19(23)30)15-11-26-29(17(15)9-13)21-27-16-6-7-24-18(16)20(28-21)25-10-12-4-2-1-3-5-12/h1-5,8-9,11,24H,6-7,10H2,(H2,23,30)(H,25,27,28). The van der Waals surface area contributed by atoms with E-state index in [1.165, 1.54) is 16.9 Å². The number of carbonyl (C=O) groups is 1. The van der Waals surface area contributed by atoms with Gasteiger partial charge in [0.1, 0.15) is 5.82 Å². The summed E-state index contributed by atoms with van der Waals surface area (Å²) in [5, 5.41) is 11.4. The zero-order valence-electron chi connectivity index (χ0n) is 15.9. The van der Waals surface area contributed by atoms with E-state index in [1.54, 1.807) is 0 Å². The molecule has 1 amide bonds. The van der Waals surface area contributed by atoms with Crippen molar-refractivity contribution in [1.82, 2.24) is 19.7 Å². The smallest absolute Gasteiger partial charge is 0.253 e. The van der Waals surface area contributed by atoms with Crippen molar-refractivity contribution in [2.75, 3.05) is 17.2 Å². The zero-order valence-corrected chi connectivity index (χ0v) is 15.9. The summed E-state index contributed by atoms with van der Waals surface area (Å²) >= 11 is 0. The molecule has 0 bridgehead atoms. The van der Waals surface area contributed by atoms with Gasteiger partial charge < -0.3 is 16.4 Å². The first kappa shape index (κ1) is 18.0. The molecule has 4 aromatic rings. The summed E-state index contributed by atoms with van der Waals surface area (Å²) in [7, 11) is 0. The molecule has 30 heavy (non-hydrogen) atoms. The van der Waals surface area contributed by atoms with E-state index in [1.807, 2.05) is 30.3 Å². The Kier molecular flexibility index (Phi) is 4.27. The van der Waals surface area contributed by atoms with Crippen LogP contribution in [0.25, 0.3) is 16.9 Å². The first-order valence-corrected chi connectivity index (χ1v) is 9.50. The minimum atomic E-state index is -0.719. The van der Waals surface area contributed by atoms with Gasteiger partial charge in [0.15, 0.2) is 5.82 Å². The number of nitrogens with zero attached hydrogens (tertiary/aromatic N) is 4. The van der Waals surface area contributed by atoms with Crippen molar-refractivity contribution >= 4 is 28.3 Å². The molecule has 0 aliphatic carbocycles. The van der Waals surface area contributed by atoms with Crippen LogP contribution in [0, 0.1) is 5.82 Å². The van der Waals surface area contributed by atoms with Crippen molar-refractivity contribution in [3.63, 3.8) is 0 Å². The van der Waals surface area contributed by atoms with Gasteiger partial charge in [-0.05, 0) is 11.6 Å². The third-order valence-corrected chi connectivity index (χ3v) is 5.05. The van der Waals surface area contributed by atoms with E-state index >= 15 is 0 Å². The van der Waals surface area contributed by atoms with Gasteiger partial charge in [0.05, 0.1) is 28.7 Å². The molecule has 2 aromatic heterocycles. The highest BCUT2D eigenvalue weighted by Crippen LogP contribution is 2.30. The normalized spacial score (nSPS) is 12.6. The Bertz CT molecular complexity index is 1270. The van der Waals surface area contributed by atoms with Crippen LogP contribution in [0.1, 0.15) is 21.6 Å². The Morgan fingerprint density at radius 1 is 1.23 bits per heavy atom. The number of primary amides is 1. The van der Waals surface area contributed by atoms with Crippen LogP contribution >= 0.6 is 0 Å². The first-order chi connectivity index (χ1) is 14.6. The molecule has 0 unspecified atom stereocenters. The molecule has 0 saturated carbocycles. The Morgan fingerprint density at radius 2 is 2.07 bits per heavy atom. The van der Waals surface area contributed by atoms with Crippen LogP contribution in [0.5, 0.6) is 0 Å². The van der Waals surface area contributed by atoms with Crippen molar-refractivity contribution < 1.29 is 9.18 Å². The fraction of sp³-hybridized carbons (Fsp3) is 0.143. The van der Waals surface area contributed by atoms with Crippen LogP contribution in [-0.4, -0.2) is 32.2 Å². The quantitative estimate of drug-likeness (QED) is 0.472. The number of hydrogen-bond donors (Lipinski definition) is 3. The third-order valence-electron chi connectivity index (χ3n) is 5.05. The zero-order chi connectivity index (χ0) is 20.7. The summed E-state index contributed by atoms with van der Waals surface area (Å²) in [5.41, 5.74) is 8.67. The van der Waals surface area contributed by atoms with Crippen LogP contribution in [-0.2, 0) is 13.0 Å². The molecular weight excluding hydrogens is 385 g/mol. The number of nitrogens with two attached hydrogens (primary N) is 1. The minimum Gasteiger partial charge on any atom is -0.380 e. The molecule has 1 aliphatic heterocycles. The van der Waals surface area contributed by atoms with E-state index < -0.39 is 11.7 Å². The molecule has 150 valence electrons. The molecule has 0 radical (unpaired) electrons. The van der Waals surface area contributed by atoms with Crippen LogP contribution in [0.3, 0.4) is 0 Å². The van der Waals surface area contributed by atoms with Gasteiger partial charge in [0.2, 0.25) is 5.91 Å². The molecule has 8 nitrogen and oxygen atoms in total. The van der Waals surface area contributed by atoms with Gasteiger partial charge in [0.25, 0.3) is 5.95 Å². The number of nitrogens with one attached hydrogen (secondary N) is 2. The minimum absolute atomic E-state index is 0.0708. The molecule has 0 fully saturated rings. The molecular formula is C21H18FN7O. The molecule has 0 saturated heterocycles. The fourth-order valence-electron chi connectivity index (χ4n) is 3.63. The van der Waals surface area contributed by atoms with Crippen molar-refractivity contribution in [3.05, 3.63) is 71.3 Å². The number of carbonyl (C=O) groups excluding carboxylic acids is 1. The van der Waals surface area contributed by atoms with Gasteiger partial charge in [-0.1, -0.05) is 30.3 Å². The molecule has 5 rings (SSSR count). The lowest BCUT2D eigenvalue weighted by molar-refractivity contribution is 0.100. The lowest BCUT2D eigenvalue weighted by atomic mass is 10.1. The van der Waals surface area contributed by atoms with Crippen LogP contribution in [0.15, 0.2) is 48.7 Å². The monoisotopic (exact) mass is 403 g/mol. The van der Waals surface area contributed by atoms with Crippen LogP contribution < -0.4 is 16.4 Å². The summed E-state index contributed by atoms with van der Waals surface area (Å²) in [5.74, 6) is -0.359. The second-order valence-electron chi connectivity index (χ2n) is 7.02. The van der Waals surface area contributed by atoms with Crippen molar-refractivity contribution in [2.24, 2.45) is 5.73 Å². The van der Waals surface area contributed by atoms with E-state index in [0.717, 1.165) is 36.0 Å². The number of benzene rings is 2.